The highest BCUT2D eigenvalue weighted by Crippen LogP contribution is 2.21. The van der Waals surface area contributed by atoms with Gasteiger partial charge in [-0.3, -0.25) is 9.82 Å². The number of ether oxygens (including phenoxy) is 1. The Morgan fingerprint density at radius 1 is 1.26 bits per heavy atom. The molecule has 0 aliphatic rings. The minimum atomic E-state index is -4.00. The number of benzene rings is 1. The Balaban J connectivity index is 2.34. The molecule has 0 atom stereocenters. The van der Waals surface area contributed by atoms with Gasteiger partial charge in [0.2, 0.25) is 5.03 Å². The number of H-pyrrole nitrogens is 1. The summed E-state index contributed by atoms with van der Waals surface area (Å²) in [7, 11) is -4.00. The lowest BCUT2D eigenvalue weighted by atomic mass is 10.2. The molecule has 23 heavy (non-hydrogen) atoms. The Hall–Kier alpha value is -2.35. The van der Waals surface area contributed by atoms with E-state index in [0.717, 1.165) is 12.0 Å². The molecule has 0 saturated heterocycles. The maximum Gasteiger partial charge on any atom is 0.343 e. The molecule has 1 aromatic heterocycles. The van der Waals surface area contributed by atoms with Crippen molar-refractivity contribution in [2.24, 2.45) is 0 Å². The van der Waals surface area contributed by atoms with E-state index < -0.39 is 16.0 Å². The third-order valence-corrected chi connectivity index (χ3v) is 4.57. The standard InChI is InChI=1S/C15H19N3O4S/c1-4-11-6-8-12(9-7-11)18-23(20,21)14-13(10(3)16-17-14)15(19)22-5-2/h6-9,18H,4-5H2,1-3H3,(H,16,17). The van der Waals surface area contributed by atoms with Crippen molar-refractivity contribution in [3.8, 4) is 0 Å². The lowest BCUT2D eigenvalue weighted by Crippen LogP contribution is -2.18. The molecule has 2 aromatic rings. The normalized spacial score (nSPS) is 11.3. The third kappa shape index (κ3) is 3.70. The van der Waals surface area contributed by atoms with E-state index in [0.29, 0.717) is 11.4 Å². The topological polar surface area (TPSA) is 101 Å². The van der Waals surface area contributed by atoms with Gasteiger partial charge < -0.3 is 4.74 Å². The first-order valence-electron chi connectivity index (χ1n) is 7.22. The van der Waals surface area contributed by atoms with Gasteiger partial charge in [-0.05, 0) is 38.0 Å². The first kappa shape index (κ1) is 17.0. The maximum absolute atomic E-state index is 12.5. The summed E-state index contributed by atoms with van der Waals surface area (Å²) in [5, 5.41) is 5.89. The first-order valence-corrected chi connectivity index (χ1v) is 8.71. The Morgan fingerprint density at radius 2 is 1.91 bits per heavy atom. The summed E-state index contributed by atoms with van der Waals surface area (Å²) in [6.45, 7) is 5.37. The fraction of sp³-hybridized carbons (Fsp3) is 0.333. The van der Waals surface area contributed by atoms with Crippen LogP contribution in [0.3, 0.4) is 0 Å². The second kappa shape index (κ2) is 6.82. The van der Waals surface area contributed by atoms with Crippen LogP contribution in [0.1, 0.15) is 35.5 Å². The van der Waals surface area contributed by atoms with Crippen LogP contribution in [0.4, 0.5) is 5.69 Å². The maximum atomic E-state index is 12.5. The molecule has 0 saturated carbocycles. The number of aromatic amines is 1. The van der Waals surface area contributed by atoms with Crippen molar-refractivity contribution in [1.29, 1.82) is 0 Å². The molecule has 0 unspecified atom stereocenters. The van der Waals surface area contributed by atoms with Gasteiger partial charge in [0, 0.05) is 11.4 Å². The number of carbonyl (C=O) groups is 1. The molecule has 0 aliphatic carbocycles. The number of aromatic nitrogens is 2. The molecule has 2 rings (SSSR count). The van der Waals surface area contributed by atoms with Crippen molar-refractivity contribution in [2.45, 2.75) is 32.2 Å². The quantitative estimate of drug-likeness (QED) is 0.787. The second-order valence-corrected chi connectivity index (χ2v) is 6.50. The molecule has 0 aliphatic heterocycles. The number of nitrogens with one attached hydrogen (secondary N) is 2. The van der Waals surface area contributed by atoms with Gasteiger partial charge in [-0.15, -0.1) is 0 Å². The van der Waals surface area contributed by atoms with Crippen molar-refractivity contribution in [2.75, 3.05) is 11.3 Å². The van der Waals surface area contributed by atoms with Crippen LogP contribution in [0, 0.1) is 6.92 Å². The van der Waals surface area contributed by atoms with Crippen molar-refractivity contribution in [3.63, 3.8) is 0 Å². The van der Waals surface area contributed by atoms with Crippen molar-refractivity contribution < 1.29 is 17.9 Å². The van der Waals surface area contributed by atoms with E-state index in [-0.39, 0.29) is 17.2 Å². The molecule has 8 heteroatoms. The predicted molar refractivity (Wildman–Crippen MR) is 85.9 cm³/mol. The van der Waals surface area contributed by atoms with Crippen LogP contribution in [-0.2, 0) is 21.2 Å². The van der Waals surface area contributed by atoms with Gasteiger partial charge >= 0.3 is 5.97 Å². The van der Waals surface area contributed by atoms with E-state index in [2.05, 4.69) is 14.9 Å². The van der Waals surface area contributed by atoms with E-state index in [1.165, 1.54) is 0 Å². The largest absolute Gasteiger partial charge is 0.462 e. The third-order valence-electron chi connectivity index (χ3n) is 3.26. The Kier molecular flexibility index (Phi) is 5.05. The van der Waals surface area contributed by atoms with E-state index >= 15 is 0 Å². The van der Waals surface area contributed by atoms with Crippen LogP contribution in [0.5, 0.6) is 0 Å². The highest BCUT2D eigenvalue weighted by Gasteiger charge is 2.29. The molecule has 0 spiro atoms. The number of hydrogen-bond acceptors (Lipinski definition) is 5. The molecule has 0 amide bonds. The number of aryl methyl sites for hydroxylation is 2. The molecular formula is C15H19N3O4S. The van der Waals surface area contributed by atoms with Gasteiger partial charge in [0.15, 0.2) is 0 Å². The van der Waals surface area contributed by atoms with Crippen LogP contribution in [0.25, 0.3) is 0 Å². The molecule has 0 fully saturated rings. The Morgan fingerprint density at radius 3 is 2.48 bits per heavy atom. The SMILES string of the molecule is CCOC(=O)c1c(S(=O)(=O)Nc2ccc(CC)cc2)n[nH]c1C. The van der Waals surface area contributed by atoms with Crippen molar-refractivity contribution in [1.82, 2.24) is 10.2 Å². The summed E-state index contributed by atoms with van der Waals surface area (Å²) in [6, 6.07) is 7.00. The van der Waals surface area contributed by atoms with Gasteiger partial charge in [-0.25, -0.2) is 4.79 Å². The summed E-state index contributed by atoms with van der Waals surface area (Å²) in [4.78, 5) is 12.0. The van der Waals surface area contributed by atoms with Crippen molar-refractivity contribution in [3.05, 3.63) is 41.1 Å². The van der Waals surface area contributed by atoms with E-state index in [1.54, 1.807) is 26.0 Å². The van der Waals surface area contributed by atoms with Crippen LogP contribution in [0.15, 0.2) is 29.3 Å². The molecular weight excluding hydrogens is 318 g/mol. The number of carbonyl (C=O) groups excluding carboxylic acids is 1. The lowest BCUT2D eigenvalue weighted by molar-refractivity contribution is 0.0521. The molecule has 0 radical (unpaired) electrons. The summed E-state index contributed by atoms with van der Waals surface area (Å²) in [6.07, 6.45) is 0.860. The minimum absolute atomic E-state index is 0.0791. The number of rotatable bonds is 6. The zero-order chi connectivity index (χ0) is 17.0. The van der Waals surface area contributed by atoms with E-state index in [4.69, 9.17) is 4.74 Å². The van der Waals surface area contributed by atoms with Crippen molar-refractivity contribution >= 4 is 21.7 Å². The smallest absolute Gasteiger partial charge is 0.343 e. The summed E-state index contributed by atoms with van der Waals surface area (Å²) in [5.74, 6) is -0.722. The van der Waals surface area contributed by atoms with E-state index in [1.807, 2.05) is 19.1 Å². The summed E-state index contributed by atoms with van der Waals surface area (Å²) in [5.41, 5.74) is 1.75. The van der Waals surface area contributed by atoms with Crippen LogP contribution in [0.2, 0.25) is 0 Å². The lowest BCUT2D eigenvalue weighted by Gasteiger charge is -2.08. The number of anilines is 1. The summed E-state index contributed by atoms with van der Waals surface area (Å²) >= 11 is 0. The molecule has 2 N–H and O–H groups in total. The summed E-state index contributed by atoms with van der Waals surface area (Å²) < 4.78 is 32.3. The number of hydrogen-bond donors (Lipinski definition) is 2. The molecule has 7 nitrogen and oxygen atoms in total. The zero-order valence-corrected chi connectivity index (χ0v) is 14.0. The van der Waals surface area contributed by atoms with Gasteiger partial charge in [-0.2, -0.15) is 13.5 Å². The average Bonchev–Trinajstić information content (AvgIpc) is 2.90. The minimum Gasteiger partial charge on any atom is -0.462 e. The average molecular weight is 337 g/mol. The number of esters is 1. The number of sulfonamides is 1. The Labute approximate surface area is 135 Å². The van der Waals surface area contributed by atoms with Gasteiger partial charge in [0.05, 0.1) is 6.61 Å². The molecule has 1 heterocycles. The van der Waals surface area contributed by atoms with Gasteiger partial charge in [0.25, 0.3) is 10.0 Å². The zero-order valence-electron chi connectivity index (χ0n) is 13.2. The molecule has 1 aromatic carbocycles. The Bertz CT molecular complexity index is 795. The fourth-order valence-electron chi connectivity index (χ4n) is 2.06. The highest BCUT2D eigenvalue weighted by atomic mass is 32.2. The molecule has 0 bridgehead atoms. The second-order valence-electron chi connectivity index (χ2n) is 4.91. The van der Waals surface area contributed by atoms with E-state index in [9.17, 15) is 13.2 Å². The van der Waals surface area contributed by atoms with Crippen LogP contribution in [-0.4, -0.2) is 31.2 Å². The fourth-order valence-corrected chi connectivity index (χ4v) is 3.27. The van der Waals surface area contributed by atoms with Gasteiger partial charge in [0.1, 0.15) is 5.56 Å². The first-order chi connectivity index (χ1) is 10.9. The van der Waals surface area contributed by atoms with Gasteiger partial charge in [-0.1, -0.05) is 19.1 Å². The van der Waals surface area contributed by atoms with Crippen LogP contribution < -0.4 is 4.72 Å². The van der Waals surface area contributed by atoms with Crippen LogP contribution >= 0.6 is 0 Å². The molecule has 124 valence electrons. The highest BCUT2D eigenvalue weighted by molar-refractivity contribution is 7.92. The number of nitrogens with zero attached hydrogens (tertiary/aromatic N) is 1. The predicted octanol–water partition coefficient (Wildman–Crippen LogP) is 2.26. The monoisotopic (exact) mass is 337 g/mol.